The summed E-state index contributed by atoms with van der Waals surface area (Å²) in [6, 6.07) is 11.4. The van der Waals surface area contributed by atoms with Crippen LogP contribution in [0.4, 0.5) is 16.2 Å². The lowest BCUT2D eigenvalue weighted by molar-refractivity contribution is -0.384. The van der Waals surface area contributed by atoms with E-state index in [4.69, 9.17) is 4.18 Å². The summed E-state index contributed by atoms with van der Waals surface area (Å²) in [6.45, 7) is 3.90. The highest BCUT2D eigenvalue weighted by Crippen LogP contribution is 2.19. The van der Waals surface area contributed by atoms with Gasteiger partial charge in [0.25, 0.3) is 5.69 Å². The fourth-order valence-corrected chi connectivity index (χ4v) is 2.87. The smallest absolute Gasteiger partial charge is 0.322 e. The summed E-state index contributed by atoms with van der Waals surface area (Å²) in [6.07, 6.45) is 0.956. The third-order valence-electron chi connectivity index (χ3n) is 3.71. The molecule has 0 aliphatic heterocycles. The van der Waals surface area contributed by atoms with Crippen LogP contribution in [0, 0.1) is 10.1 Å². The molecule has 2 aromatic carbocycles. The molecule has 0 unspecified atom stereocenters. The van der Waals surface area contributed by atoms with Crippen molar-refractivity contribution in [1.82, 2.24) is 4.90 Å². The predicted molar refractivity (Wildman–Crippen MR) is 105 cm³/mol. The highest BCUT2D eigenvalue weighted by molar-refractivity contribution is 7.86. The lowest BCUT2D eigenvalue weighted by Gasteiger charge is -2.27. The van der Waals surface area contributed by atoms with Crippen molar-refractivity contribution in [2.45, 2.75) is 26.4 Å². The number of anilines is 1. The van der Waals surface area contributed by atoms with Crippen LogP contribution in [-0.2, 0) is 16.7 Å². The van der Waals surface area contributed by atoms with E-state index in [9.17, 15) is 23.3 Å². The third-order valence-corrected chi connectivity index (χ3v) is 4.21. The number of nitro groups is 1. The van der Waals surface area contributed by atoms with Crippen molar-refractivity contribution < 1.29 is 22.3 Å². The van der Waals surface area contributed by atoms with Crippen molar-refractivity contribution in [2.75, 3.05) is 11.6 Å². The van der Waals surface area contributed by atoms with Crippen LogP contribution in [-0.4, -0.2) is 36.6 Å². The van der Waals surface area contributed by atoms with Crippen LogP contribution in [0.1, 0.15) is 19.4 Å². The average Bonchev–Trinajstić information content (AvgIpc) is 2.58. The van der Waals surface area contributed by atoms with Crippen LogP contribution in [0.5, 0.6) is 5.75 Å². The Balaban J connectivity index is 2.13. The highest BCUT2D eigenvalue weighted by atomic mass is 32.2. The zero-order valence-corrected chi connectivity index (χ0v) is 16.5. The van der Waals surface area contributed by atoms with Crippen LogP contribution in [0.25, 0.3) is 0 Å². The Bertz CT molecular complexity index is 958. The summed E-state index contributed by atoms with van der Waals surface area (Å²) in [5, 5.41) is 13.4. The molecule has 0 aliphatic rings. The van der Waals surface area contributed by atoms with E-state index < -0.39 is 21.1 Å². The van der Waals surface area contributed by atoms with Gasteiger partial charge in [0.2, 0.25) is 0 Å². The quantitative estimate of drug-likeness (QED) is 0.427. The average molecular weight is 407 g/mol. The third kappa shape index (κ3) is 6.23. The molecule has 0 heterocycles. The topological polar surface area (TPSA) is 119 Å². The number of hydrogen-bond donors (Lipinski definition) is 1. The Labute approximate surface area is 163 Å². The van der Waals surface area contributed by atoms with Crippen molar-refractivity contribution in [1.29, 1.82) is 0 Å². The maximum Gasteiger partial charge on any atom is 0.322 e. The molecule has 150 valence electrons. The Morgan fingerprint density at radius 1 is 1.21 bits per heavy atom. The second-order valence-electron chi connectivity index (χ2n) is 6.39. The summed E-state index contributed by atoms with van der Waals surface area (Å²) in [7, 11) is -3.65. The second kappa shape index (κ2) is 8.70. The van der Waals surface area contributed by atoms with E-state index >= 15 is 0 Å². The molecule has 0 radical (unpaired) electrons. The van der Waals surface area contributed by atoms with E-state index in [1.807, 2.05) is 13.8 Å². The minimum Gasteiger partial charge on any atom is -0.383 e. The van der Waals surface area contributed by atoms with E-state index in [0.29, 0.717) is 11.3 Å². The first kappa shape index (κ1) is 21.2. The van der Waals surface area contributed by atoms with E-state index in [0.717, 1.165) is 6.26 Å². The molecule has 10 heteroatoms. The largest absolute Gasteiger partial charge is 0.383 e. The molecule has 28 heavy (non-hydrogen) atoms. The number of non-ortho nitro benzene ring substituents is 1. The Kier molecular flexibility index (Phi) is 6.57. The molecule has 0 bridgehead atoms. The summed E-state index contributed by atoms with van der Waals surface area (Å²) in [4.78, 5) is 24.4. The Hall–Kier alpha value is -3.14. The monoisotopic (exact) mass is 407 g/mol. The normalized spacial score (nSPS) is 11.1. The van der Waals surface area contributed by atoms with E-state index in [1.165, 1.54) is 30.3 Å². The van der Waals surface area contributed by atoms with E-state index in [2.05, 4.69) is 5.32 Å². The van der Waals surface area contributed by atoms with E-state index in [-0.39, 0.29) is 24.0 Å². The van der Waals surface area contributed by atoms with Crippen LogP contribution < -0.4 is 9.50 Å². The zero-order chi connectivity index (χ0) is 20.9. The Morgan fingerprint density at radius 2 is 1.86 bits per heavy atom. The second-order valence-corrected chi connectivity index (χ2v) is 7.97. The van der Waals surface area contributed by atoms with Crippen LogP contribution in [0.2, 0.25) is 0 Å². The number of rotatable bonds is 7. The number of benzene rings is 2. The SMILES string of the molecule is CC(C)N(Cc1cccc(OS(C)(=O)=O)c1)C(=O)Nc1ccc([N+](=O)[O-])cc1. The molecule has 1 N–H and O–H groups in total. The zero-order valence-electron chi connectivity index (χ0n) is 15.7. The van der Waals surface area contributed by atoms with Gasteiger partial charge < -0.3 is 14.4 Å². The molecule has 9 nitrogen and oxygen atoms in total. The van der Waals surface area contributed by atoms with Crippen LogP contribution >= 0.6 is 0 Å². The molecule has 0 aliphatic carbocycles. The van der Waals surface area contributed by atoms with Gasteiger partial charge in [-0.1, -0.05) is 12.1 Å². The van der Waals surface area contributed by atoms with Crippen molar-refractivity contribution in [3.05, 3.63) is 64.2 Å². The molecule has 0 fully saturated rings. The summed E-state index contributed by atoms with van der Waals surface area (Å²) in [5.41, 5.74) is 1.05. The number of carbonyl (C=O) groups is 1. The molecule has 2 rings (SSSR count). The highest BCUT2D eigenvalue weighted by Gasteiger charge is 2.18. The molecule has 2 aromatic rings. The van der Waals surface area contributed by atoms with Crippen molar-refractivity contribution in [2.24, 2.45) is 0 Å². The summed E-state index contributed by atoms with van der Waals surface area (Å²) in [5.74, 6) is 0.166. The number of nitrogens with zero attached hydrogens (tertiary/aromatic N) is 2. The molecule has 2 amide bonds. The van der Waals surface area contributed by atoms with Gasteiger partial charge in [-0.15, -0.1) is 0 Å². The summed E-state index contributed by atoms with van der Waals surface area (Å²) >= 11 is 0. The lowest BCUT2D eigenvalue weighted by Crippen LogP contribution is -2.39. The number of nitro benzene ring substituents is 1. The van der Waals surface area contributed by atoms with E-state index in [1.54, 1.807) is 23.1 Å². The number of nitrogens with one attached hydrogen (secondary N) is 1. The fraction of sp³-hybridized carbons (Fsp3) is 0.278. The van der Waals surface area contributed by atoms with Gasteiger partial charge in [0, 0.05) is 30.4 Å². The number of urea groups is 1. The van der Waals surface area contributed by atoms with Gasteiger partial charge >= 0.3 is 16.1 Å². The molecule has 0 saturated carbocycles. The number of carbonyl (C=O) groups excluding carboxylic acids is 1. The first-order valence-corrected chi connectivity index (χ1v) is 10.2. The molecule has 0 spiro atoms. The van der Waals surface area contributed by atoms with Gasteiger partial charge in [-0.05, 0) is 43.7 Å². The Morgan fingerprint density at radius 3 is 2.39 bits per heavy atom. The van der Waals surface area contributed by atoms with Gasteiger partial charge in [-0.3, -0.25) is 10.1 Å². The predicted octanol–water partition coefficient (Wildman–Crippen LogP) is 3.38. The van der Waals surface area contributed by atoms with Crippen molar-refractivity contribution in [3.8, 4) is 5.75 Å². The first-order chi connectivity index (χ1) is 13.0. The van der Waals surface area contributed by atoms with Gasteiger partial charge in [0.05, 0.1) is 11.2 Å². The minimum atomic E-state index is -3.65. The summed E-state index contributed by atoms with van der Waals surface area (Å²) < 4.78 is 27.4. The first-order valence-electron chi connectivity index (χ1n) is 8.35. The number of amides is 2. The van der Waals surface area contributed by atoms with Crippen molar-refractivity contribution >= 4 is 27.5 Å². The van der Waals surface area contributed by atoms with Gasteiger partial charge in [0.1, 0.15) is 5.75 Å². The molecule has 0 atom stereocenters. The maximum absolute atomic E-state index is 12.6. The van der Waals surface area contributed by atoms with Crippen LogP contribution in [0.3, 0.4) is 0 Å². The minimum absolute atomic E-state index is 0.0681. The molecular formula is C18H21N3O6S. The van der Waals surface area contributed by atoms with Gasteiger partial charge in [-0.2, -0.15) is 8.42 Å². The van der Waals surface area contributed by atoms with Gasteiger partial charge in [-0.25, -0.2) is 4.79 Å². The van der Waals surface area contributed by atoms with Crippen LogP contribution in [0.15, 0.2) is 48.5 Å². The molecular weight excluding hydrogens is 386 g/mol. The standard InChI is InChI=1S/C18H21N3O6S/c1-13(2)20(12-14-5-4-6-17(11-14)27-28(3,25)26)18(22)19-15-7-9-16(10-8-15)21(23)24/h4-11,13H,12H2,1-3H3,(H,19,22). The van der Waals surface area contributed by atoms with Crippen molar-refractivity contribution in [3.63, 3.8) is 0 Å². The fourth-order valence-electron chi connectivity index (χ4n) is 2.42. The van der Waals surface area contributed by atoms with Gasteiger partial charge in [0.15, 0.2) is 0 Å². The number of hydrogen-bond acceptors (Lipinski definition) is 6. The lowest BCUT2D eigenvalue weighted by atomic mass is 10.2. The maximum atomic E-state index is 12.6. The molecule has 0 saturated heterocycles. The molecule has 0 aromatic heterocycles.